The number of carbonyl (C=O) groups excluding carboxylic acids is 2. The first-order valence-corrected chi connectivity index (χ1v) is 16.3. The van der Waals surface area contributed by atoms with Crippen LogP contribution in [0.1, 0.15) is 59.9 Å². The van der Waals surface area contributed by atoms with E-state index in [1.165, 1.54) is 25.8 Å². The molecule has 2 fully saturated rings. The van der Waals surface area contributed by atoms with Gasteiger partial charge in [-0.15, -0.1) is 11.8 Å². The van der Waals surface area contributed by atoms with Crippen LogP contribution >= 0.6 is 11.8 Å². The smallest absolute Gasteiger partial charge is 0.323 e. The Balaban J connectivity index is 1.86. The molecule has 3 aliphatic rings. The summed E-state index contributed by atoms with van der Waals surface area (Å²) in [6.07, 6.45) is 0. The summed E-state index contributed by atoms with van der Waals surface area (Å²) in [6, 6.07) is 2.91. The van der Waals surface area contributed by atoms with Crippen molar-refractivity contribution in [2.75, 3.05) is 33.3 Å². The molecular weight excluding hydrogens is 612 g/mol. The van der Waals surface area contributed by atoms with Crippen molar-refractivity contribution in [1.82, 2.24) is 9.80 Å². The lowest BCUT2D eigenvalue weighted by Crippen LogP contribution is -2.67. The van der Waals surface area contributed by atoms with Gasteiger partial charge in [-0.3, -0.25) is 19.4 Å². The number of hydrogen-bond acceptors (Lipinski definition) is 13. The normalized spacial score (nSPS) is 28.5. The van der Waals surface area contributed by atoms with Gasteiger partial charge in [0.05, 0.1) is 24.5 Å². The number of methoxy groups -OCH3 is 1. The van der Waals surface area contributed by atoms with Crippen LogP contribution < -0.4 is 24.7 Å². The fourth-order valence-electron chi connectivity index (χ4n) is 7.10. The van der Waals surface area contributed by atoms with E-state index in [1.807, 2.05) is 46.9 Å². The Labute approximate surface area is 273 Å². The third kappa shape index (κ3) is 5.72. The van der Waals surface area contributed by atoms with Crippen molar-refractivity contribution >= 4 is 23.7 Å². The Kier molecular flexibility index (Phi) is 9.65. The Morgan fingerprint density at radius 2 is 1.87 bits per heavy atom. The standard InChI is InChI=1S/C33H42N4O8S/c1-15-9-16(2)29(41-8)28(39)25(15)26-27-32(21-10-24-31(44-14-43-24)18(4)30(21)45-20(6)38)46-13-22(35)33(40)42-12-17(3)37(27)23(11-34)19(5)36(26)7/h9-10,17,19,22-23,26-27,32,39H,12-14,35H2,1-8H3/t17-,19+,22+,23+,26-,27?,32+/m1/s1. The van der Waals surface area contributed by atoms with Crippen molar-refractivity contribution in [2.45, 2.75) is 83.0 Å². The van der Waals surface area contributed by atoms with E-state index in [1.54, 1.807) is 6.92 Å². The van der Waals surface area contributed by atoms with Gasteiger partial charge in [-0.1, -0.05) is 6.07 Å². The van der Waals surface area contributed by atoms with Crippen LogP contribution in [0.2, 0.25) is 0 Å². The molecule has 2 saturated heterocycles. The molecule has 0 aromatic heterocycles. The minimum atomic E-state index is -0.932. The summed E-state index contributed by atoms with van der Waals surface area (Å²) >= 11 is 1.40. The maximum atomic E-state index is 12.9. The molecule has 1 unspecified atom stereocenters. The van der Waals surface area contributed by atoms with Gasteiger partial charge < -0.3 is 34.5 Å². The summed E-state index contributed by atoms with van der Waals surface area (Å²) in [5, 5.41) is 22.0. The maximum absolute atomic E-state index is 12.9. The van der Waals surface area contributed by atoms with Gasteiger partial charge in [0.15, 0.2) is 23.0 Å². The number of phenols is 1. The van der Waals surface area contributed by atoms with Gasteiger partial charge in [-0.2, -0.15) is 5.26 Å². The quantitative estimate of drug-likeness (QED) is 0.364. The third-order valence-corrected chi connectivity index (χ3v) is 10.8. The molecule has 3 aliphatic heterocycles. The van der Waals surface area contributed by atoms with E-state index in [0.717, 1.165) is 11.1 Å². The van der Waals surface area contributed by atoms with Crippen molar-refractivity contribution in [3.8, 4) is 34.8 Å². The molecule has 12 nitrogen and oxygen atoms in total. The molecule has 3 N–H and O–H groups in total. The third-order valence-electron chi connectivity index (χ3n) is 9.31. The average Bonchev–Trinajstić information content (AvgIpc) is 3.48. The van der Waals surface area contributed by atoms with Crippen LogP contribution in [0, 0.1) is 32.1 Å². The number of fused-ring (bicyclic) bond motifs is 2. The van der Waals surface area contributed by atoms with E-state index >= 15 is 0 Å². The zero-order valence-electron chi connectivity index (χ0n) is 27.4. The summed E-state index contributed by atoms with van der Waals surface area (Å²) in [4.78, 5) is 29.7. The van der Waals surface area contributed by atoms with Gasteiger partial charge >= 0.3 is 11.9 Å². The number of nitriles is 1. The highest BCUT2D eigenvalue weighted by Gasteiger charge is 2.53. The molecule has 0 bridgehead atoms. The van der Waals surface area contributed by atoms with E-state index in [4.69, 9.17) is 29.4 Å². The highest BCUT2D eigenvalue weighted by atomic mass is 32.2. The molecule has 2 aromatic rings. The van der Waals surface area contributed by atoms with E-state index in [9.17, 15) is 20.0 Å². The van der Waals surface area contributed by atoms with Crippen molar-refractivity contribution in [2.24, 2.45) is 5.73 Å². The average molecular weight is 655 g/mol. The molecule has 2 aromatic carbocycles. The van der Waals surface area contributed by atoms with Crippen LogP contribution in [0.5, 0.6) is 28.7 Å². The number of rotatable bonds is 4. The van der Waals surface area contributed by atoms with Gasteiger partial charge in [0.25, 0.3) is 0 Å². The molecule has 7 atom stereocenters. The van der Waals surface area contributed by atoms with Crippen LogP contribution in [0.15, 0.2) is 12.1 Å². The van der Waals surface area contributed by atoms with E-state index in [2.05, 4.69) is 15.9 Å². The molecule has 0 radical (unpaired) electrons. The number of likely N-dealkylation sites (N-methyl/N-ethyl adjacent to an activating group) is 1. The molecule has 13 heteroatoms. The molecule has 248 valence electrons. The lowest BCUT2D eigenvalue weighted by Gasteiger charge is -2.56. The van der Waals surface area contributed by atoms with E-state index in [-0.39, 0.29) is 30.9 Å². The number of carbonyl (C=O) groups is 2. The lowest BCUT2D eigenvalue weighted by atomic mass is 9.81. The van der Waals surface area contributed by atoms with Crippen LogP contribution in [-0.4, -0.2) is 90.4 Å². The van der Waals surface area contributed by atoms with Gasteiger partial charge in [-0.05, 0) is 58.9 Å². The number of aryl methyl sites for hydroxylation is 2. The number of piperazine rings is 1. The highest BCUT2D eigenvalue weighted by molar-refractivity contribution is 7.99. The highest BCUT2D eigenvalue weighted by Crippen LogP contribution is 2.55. The van der Waals surface area contributed by atoms with Crippen LogP contribution in [0.25, 0.3) is 0 Å². The van der Waals surface area contributed by atoms with Gasteiger partial charge in [0.1, 0.15) is 24.4 Å². The first kappa shape index (κ1) is 33.7. The number of cyclic esters (lactones) is 1. The Morgan fingerprint density at radius 1 is 1.15 bits per heavy atom. The second-order valence-corrected chi connectivity index (χ2v) is 13.4. The maximum Gasteiger partial charge on any atom is 0.323 e. The van der Waals surface area contributed by atoms with Crippen LogP contribution in [0.3, 0.4) is 0 Å². The number of phenolic OH excluding ortho intramolecular Hbond substituents is 1. The molecule has 5 rings (SSSR count). The zero-order chi connectivity index (χ0) is 33.6. The molecule has 3 heterocycles. The number of hydrogen-bond donors (Lipinski definition) is 2. The van der Waals surface area contributed by atoms with Crippen molar-refractivity contribution in [3.63, 3.8) is 0 Å². The molecule has 0 saturated carbocycles. The summed E-state index contributed by atoms with van der Waals surface area (Å²) in [7, 11) is 3.46. The van der Waals surface area contributed by atoms with Crippen LogP contribution in [0.4, 0.5) is 0 Å². The van der Waals surface area contributed by atoms with Gasteiger partial charge in [0, 0.05) is 47.5 Å². The summed E-state index contributed by atoms with van der Waals surface area (Å²) in [5.41, 5.74) is 9.83. The van der Waals surface area contributed by atoms with Gasteiger partial charge in [0.2, 0.25) is 6.79 Å². The number of benzene rings is 2. The Morgan fingerprint density at radius 3 is 2.52 bits per heavy atom. The number of nitrogens with two attached hydrogens (primary N) is 1. The summed E-state index contributed by atoms with van der Waals surface area (Å²) < 4.78 is 28.8. The molecule has 0 aliphatic carbocycles. The minimum absolute atomic E-state index is 0.000900. The number of thioether (sulfide) groups is 1. The predicted molar refractivity (Wildman–Crippen MR) is 171 cm³/mol. The number of nitrogens with zero attached hydrogens (tertiary/aromatic N) is 3. The minimum Gasteiger partial charge on any atom is -0.504 e. The first-order valence-electron chi connectivity index (χ1n) is 15.2. The topological polar surface area (TPSA) is 157 Å². The predicted octanol–water partition coefficient (Wildman–Crippen LogP) is 3.66. The monoisotopic (exact) mass is 654 g/mol. The van der Waals surface area contributed by atoms with Crippen molar-refractivity contribution in [1.29, 1.82) is 5.26 Å². The van der Waals surface area contributed by atoms with Gasteiger partial charge in [-0.25, -0.2) is 0 Å². The second-order valence-electron chi connectivity index (χ2n) is 12.3. The van der Waals surface area contributed by atoms with Crippen LogP contribution in [-0.2, 0) is 14.3 Å². The number of esters is 2. The number of aromatic hydroxyl groups is 1. The molecule has 0 spiro atoms. The fraction of sp³-hybridized carbons (Fsp3) is 0.545. The van der Waals surface area contributed by atoms with E-state index < -0.39 is 47.4 Å². The van der Waals surface area contributed by atoms with E-state index in [0.29, 0.717) is 39.7 Å². The van der Waals surface area contributed by atoms with Crippen molar-refractivity contribution < 1.29 is 38.4 Å². The molecular formula is C33H42N4O8S. The molecule has 46 heavy (non-hydrogen) atoms. The second kappa shape index (κ2) is 13.2. The first-order chi connectivity index (χ1) is 21.8. The Bertz CT molecular complexity index is 1580. The lowest BCUT2D eigenvalue weighted by molar-refractivity contribution is -0.148. The number of ether oxygens (including phenoxy) is 5. The fourth-order valence-corrected chi connectivity index (χ4v) is 8.49. The largest absolute Gasteiger partial charge is 0.504 e. The summed E-state index contributed by atoms with van der Waals surface area (Å²) in [5.74, 6) is 0.770. The summed E-state index contributed by atoms with van der Waals surface area (Å²) in [6.45, 7) is 10.8. The molecule has 0 amide bonds. The SMILES string of the molecule is COc1c(C)cc(C)c([C@@H]2C3[C@H](c4cc5c(c(C)c4OC(C)=O)OCO5)SC[C@H](N)C(=O)OC[C@@H](C)N3[C@@H](C#N)[C@H](C)N2C)c1O. The zero-order valence-corrected chi connectivity index (χ0v) is 28.3. The van der Waals surface area contributed by atoms with Crippen molar-refractivity contribution in [3.05, 3.63) is 39.9 Å². The Hall–Kier alpha value is -3.70.